The van der Waals surface area contributed by atoms with E-state index < -0.39 is 36.1 Å². The molecule has 0 aliphatic heterocycles. The van der Waals surface area contributed by atoms with Crippen molar-refractivity contribution in [2.75, 3.05) is 13.1 Å². The molecule has 54 heavy (non-hydrogen) atoms. The second-order valence-electron chi connectivity index (χ2n) is 13.6. The van der Waals surface area contributed by atoms with E-state index in [1.807, 2.05) is 159 Å². The number of carbonyl (C=O) groups excluding carboxylic acids is 2. The molecule has 276 valence electrons. The van der Waals surface area contributed by atoms with Gasteiger partial charge < -0.3 is 28.1 Å². The van der Waals surface area contributed by atoms with Crippen LogP contribution in [0.2, 0.25) is 0 Å². The number of amides is 2. The molecule has 8 heteroatoms. The summed E-state index contributed by atoms with van der Waals surface area (Å²) in [5.74, 6) is -0.433. The maximum Gasteiger partial charge on any atom is 0.230 e. The number of hydrogen-bond donors (Lipinski definition) is 0. The summed E-state index contributed by atoms with van der Waals surface area (Å²) < 4.78 is 25.5. The van der Waals surface area contributed by atoms with Gasteiger partial charge in [-0.3, -0.25) is 9.59 Å². The molecule has 0 bridgehead atoms. The van der Waals surface area contributed by atoms with E-state index >= 15 is 9.59 Å². The third-order valence-electron chi connectivity index (χ3n) is 10.1. The first-order valence-electron chi connectivity index (χ1n) is 18.8. The molecule has 0 saturated heterocycles. The van der Waals surface area contributed by atoms with Gasteiger partial charge in [-0.1, -0.05) is 111 Å². The summed E-state index contributed by atoms with van der Waals surface area (Å²) in [7, 11) is 0. The van der Waals surface area contributed by atoms with Crippen molar-refractivity contribution in [2.45, 2.75) is 51.0 Å². The second-order valence-corrected chi connectivity index (χ2v) is 13.6. The van der Waals surface area contributed by atoms with Crippen molar-refractivity contribution < 1.29 is 27.9 Å². The van der Waals surface area contributed by atoms with Gasteiger partial charge in [-0.25, -0.2) is 0 Å². The third-order valence-corrected chi connectivity index (χ3v) is 10.1. The van der Waals surface area contributed by atoms with Gasteiger partial charge in [0, 0.05) is 36.1 Å². The molecule has 2 amide bonds. The highest BCUT2D eigenvalue weighted by Crippen LogP contribution is 2.60. The predicted octanol–water partition coefficient (Wildman–Crippen LogP) is 10.0. The van der Waals surface area contributed by atoms with Crippen molar-refractivity contribution in [3.05, 3.63) is 181 Å². The fourth-order valence-electron chi connectivity index (χ4n) is 7.70. The number of ether oxygens (including phenoxy) is 2. The lowest BCUT2D eigenvalue weighted by Gasteiger charge is -2.51. The van der Waals surface area contributed by atoms with Crippen molar-refractivity contribution in [3.8, 4) is 11.5 Å². The van der Waals surface area contributed by atoms with E-state index in [4.69, 9.17) is 18.3 Å². The van der Waals surface area contributed by atoms with Crippen LogP contribution in [0.25, 0.3) is 0 Å². The smallest absolute Gasteiger partial charge is 0.230 e. The topological polar surface area (TPSA) is 85.4 Å². The summed E-state index contributed by atoms with van der Waals surface area (Å²) in [5.41, 5.74) is 1.66. The second kappa shape index (κ2) is 17.2. The highest BCUT2D eigenvalue weighted by atomic mass is 16.5. The Kier molecular flexibility index (Phi) is 11.6. The van der Waals surface area contributed by atoms with Crippen LogP contribution in [0.1, 0.15) is 73.6 Å². The zero-order valence-corrected chi connectivity index (χ0v) is 30.6. The molecule has 1 aliphatic rings. The molecule has 1 saturated carbocycles. The monoisotopic (exact) mass is 722 g/mol. The van der Waals surface area contributed by atoms with Crippen LogP contribution in [0.5, 0.6) is 11.5 Å². The van der Waals surface area contributed by atoms with E-state index in [-0.39, 0.29) is 11.8 Å². The van der Waals surface area contributed by atoms with Gasteiger partial charge in [-0.15, -0.1) is 0 Å². The van der Waals surface area contributed by atoms with Crippen LogP contribution < -0.4 is 9.47 Å². The van der Waals surface area contributed by atoms with Crippen molar-refractivity contribution >= 4 is 11.8 Å². The molecule has 2 unspecified atom stereocenters. The Labute approximate surface area is 316 Å². The third kappa shape index (κ3) is 7.69. The van der Waals surface area contributed by atoms with E-state index in [1.165, 1.54) is 0 Å². The van der Waals surface area contributed by atoms with E-state index in [1.54, 1.807) is 22.3 Å². The quantitative estimate of drug-likeness (QED) is 0.0925. The highest BCUT2D eigenvalue weighted by molar-refractivity contribution is 5.92. The molecule has 8 nitrogen and oxygen atoms in total. The molecule has 2 aromatic heterocycles. The van der Waals surface area contributed by atoms with Gasteiger partial charge in [0.15, 0.2) is 0 Å². The van der Waals surface area contributed by atoms with Gasteiger partial charge in [0.25, 0.3) is 0 Å². The highest BCUT2D eigenvalue weighted by Gasteiger charge is 2.62. The lowest BCUT2D eigenvalue weighted by Crippen LogP contribution is -2.59. The first-order valence-corrected chi connectivity index (χ1v) is 18.8. The molecule has 6 aromatic rings. The van der Waals surface area contributed by atoms with E-state index in [0.717, 1.165) is 11.1 Å². The zero-order chi connectivity index (χ0) is 37.3. The lowest BCUT2D eigenvalue weighted by atomic mass is 9.53. The van der Waals surface area contributed by atoms with Gasteiger partial charge in [0.1, 0.15) is 23.0 Å². The number of rotatable bonds is 16. The minimum Gasteiger partial charge on any atom is -0.469 e. The predicted molar refractivity (Wildman–Crippen MR) is 206 cm³/mol. The SMILES string of the molecule is CCCN(C(=O)[C@@H]1[C@H](C(=O)N(CCC)C(Oc2ccccc2)c2ccccc2)[C@@H](c2ccco2)[C@H]1c1ccco1)C(Oc1ccccc1)c1ccccc1. The largest absolute Gasteiger partial charge is 0.469 e. The molecule has 4 aromatic carbocycles. The standard InChI is InChI=1S/C46H46N2O6/c1-3-29-47(45(33-19-9-5-10-20-33)53-35-23-13-7-14-24-35)43(49)41-39(37-27-17-31-51-37)40(38-28-18-32-52-38)42(41)44(50)48(30-4-2)46(34-21-11-6-12-22-34)54-36-25-15-8-16-26-36/h5-28,31-32,39-42,45-46H,3-4,29-30H2,1-2H3/t39-,40+,41+,42-,45?,46?. The summed E-state index contributed by atoms with van der Waals surface area (Å²) in [4.78, 5) is 34.7. The molecular formula is C46H46N2O6. The van der Waals surface area contributed by atoms with Crippen molar-refractivity contribution in [1.82, 2.24) is 9.80 Å². The van der Waals surface area contributed by atoms with E-state index in [0.29, 0.717) is 49.0 Å². The normalized spacial score (nSPS) is 18.9. The van der Waals surface area contributed by atoms with Crippen LogP contribution in [0.15, 0.2) is 167 Å². The molecular weight excluding hydrogens is 677 g/mol. The fourth-order valence-corrected chi connectivity index (χ4v) is 7.70. The van der Waals surface area contributed by atoms with Gasteiger partial charge in [-0.2, -0.15) is 0 Å². The van der Waals surface area contributed by atoms with Crippen LogP contribution in [0, 0.1) is 11.8 Å². The fraction of sp³-hybridized carbons (Fsp3) is 0.261. The first-order chi connectivity index (χ1) is 26.6. The minimum absolute atomic E-state index is 0.194. The Hall–Kier alpha value is -6.02. The number of nitrogens with zero attached hydrogens (tertiary/aromatic N) is 2. The number of benzene rings is 4. The average molecular weight is 723 g/mol. The summed E-state index contributed by atoms with van der Waals surface area (Å²) in [6, 6.07) is 46.0. The van der Waals surface area contributed by atoms with Crippen LogP contribution in [0.4, 0.5) is 0 Å². The maximum absolute atomic E-state index is 15.5. The van der Waals surface area contributed by atoms with Crippen molar-refractivity contribution in [1.29, 1.82) is 0 Å². The Balaban J connectivity index is 1.34. The molecule has 2 heterocycles. The molecule has 1 fully saturated rings. The molecule has 0 N–H and O–H groups in total. The number of carbonyl (C=O) groups is 2. The van der Waals surface area contributed by atoms with Gasteiger partial charge in [-0.05, 0) is 61.4 Å². The Morgan fingerprint density at radius 3 is 1.19 bits per heavy atom. The molecule has 6 atom stereocenters. The maximum atomic E-state index is 15.5. The van der Waals surface area contributed by atoms with Crippen LogP contribution in [-0.4, -0.2) is 34.7 Å². The summed E-state index contributed by atoms with van der Waals surface area (Å²) in [5, 5.41) is 0. The number of hydrogen-bond acceptors (Lipinski definition) is 6. The molecule has 0 spiro atoms. The van der Waals surface area contributed by atoms with E-state index in [9.17, 15) is 0 Å². The Bertz CT molecular complexity index is 1870. The lowest BCUT2D eigenvalue weighted by molar-refractivity contribution is -0.168. The van der Waals surface area contributed by atoms with Gasteiger partial charge in [0.05, 0.1) is 24.4 Å². The average Bonchev–Trinajstić information content (AvgIpc) is 3.94. The zero-order valence-electron chi connectivity index (χ0n) is 30.6. The number of furan rings is 2. The Morgan fingerprint density at radius 1 is 0.519 bits per heavy atom. The van der Waals surface area contributed by atoms with Crippen LogP contribution >= 0.6 is 0 Å². The summed E-state index contributed by atoms with van der Waals surface area (Å²) in [6.45, 7) is 4.89. The summed E-state index contributed by atoms with van der Waals surface area (Å²) in [6.07, 6.45) is 3.08. The van der Waals surface area contributed by atoms with Crippen LogP contribution in [-0.2, 0) is 9.59 Å². The summed E-state index contributed by atoms with van der Waals surface area (Å²) >= 11 is 0. The van der Waals surface area contributed by atoms with E-state index in [2.05, 4.69) is 0 Å². The Morgan fingerprint density at radius 2 is 0.870 bits per heavy atom. The first kappa shape index (κ1) is 36.3. The van der Waals surface area contributed by atoms with Crippen LogP contribution in [0.3, 0.4) is 0 Å². The molecule has 0 radical (unpaired) electrons. The van der Waals surface area contributed by atoms with Gasteiger partial charge in [0.2, 0.25) is 24.3 Å². The molecule has 7 rings (SSSR count). The van der Waals surface area contributed by atoms with Crippen molar-refractivity contribution in [3.63, 3.8) is 0 Å². The molecule has 1 aliphatic carbocycles. The minimum atomic E-state index is -0.802. The number of para-hydroxylation sites is 2. The van der Waals surface area contributed by atoms with Crippen molar-refractivity contribution in [2.24, 2.45) is 11.8 Å². The van der Waals surface area contributed by atoms with Gasteiger partial charge >= 0.3 is 0 Å².